The van der Waals surface area contributed by atoms with Gasteiger partial charge in [-0.25, -0.2) is 0 Å². The van der Waals surface area contributed by atoms with Crippen molar-refractivity contribution in [2.75, 3.05) is 25.6 Å². The van der Waals surface area contributed by atoms with Gasteiger partial charge in [-0.1, -0.05) is 29.8 Å². The molecule has 1 saturated heterocycles. The average Bonchev–Trinajstić information content (AvgIpc) is 3.14. The van der Waals surface area contributed by atoms with E-state index in [9.17, 15) is 19.2 Å². The van der Waals surface area contributed by atoms with Gasteiger partial charge in [0.15, 0.2) is 6.61 Å². The molecule has 0 unspecified atom stereocenters. The number of methoxy groups -OCH3 is 1. The third-order valence-electron chi connectivity index (χ3n) is 5.05. The van der Waals surface area contributed by atoms with Gasteiger partial charge in [0.05, 0.1) is 25.1 Å². The number of hydrogen-bond donors (Lipinski definition) is 2. The van der Waals surface area contributed by atoms with Crippen LogP contribution in [0.1, 0.15) is 27.9 Å². The molecule has 168 valence electrons. The molecule has 1 aliphatic heterocycles. The highest BCUT2D eigenvalue weighted by atomic mass is 16.5. The third-order valence-corrected chi connectivity index (χ3v) is 5.05. The Morgan fingerprint density at radius 1 is 1.12 bits per heavy atom. The molecule has 2 N–H and O–H groups in total. The second kappa shape index (κ2) is 9.95. The lowest BCUT2D eigenvalue weighted by Gasteiger charge is -2.18. The van der Waals surface area contributed by atoms with Crippen LogP contribution >= 0.6 is 0 Å². The van der Waals surface area contributed by atoms with Gasteiger partial charge in [0.2, 0.25) is 5.91 Å². The number of ether oxygens (including phenoxy) is 2. The predicted molar refractivity (Wildman–Crippen MR) is 116 cm³/mol. The summed E-state index contributed by atoms with van der Waals surface area (Å²) in [7, 11) is 1.44. The number of para-hydroxylation sites is 1. The summed E-state index contributed by atoms with van der Waals surface area (Å²) in [5, 5.41) is 3.77. The van der Waals surface area contributed by atoms with E-state index in [2.05, 4.69) is 10.7 Å². The molecule has 0 bridgehead atoms. The molecule has 9 nitrogen and oxygen atoms in total. The number of benzene rings is 2. The second-order valence-electron chi connectivity index (χ2n) is 7.52. The minimum atomic E-state index is -0.783. The molecule has 0 saturated carbocycles. The highest BCUT2D eigenvalue weighted by molar-refractivity contribution is 5.99. The molecule has 1 atom stereocenters. The van der Waals surface area contributed by atoms with Crippen molar-refractivity contribution in [3.63, 3.8) is 0 Å². The standard InChI is InChI=1S/C23H25N3O6/c1-14-8-9-18(15(2)10-14)24-20(27)13-32-23(30)16-11-21(28)26(12-16)25-22(29)17-6-4-5-7-19(17)31-3/h4-10,16H,11-13H2,1-3H3,(H,24,27)(H,25,29)/t16-/m0/s1. The van der Waals surface area contributed by atoms with Crippen molar-refractivity contribution < 1.29 is 28.7 Å². The van der Waals surface area contributed by atoms with E-state index in [0.717, 1.165) is 16.1 Å². The van der Waals surface area contributed by atoms with E-state index in [4.69, 9.17) is 9.47 Å². The summed E-state index contributed by atoms with van der Waals surface area (Å²) >= 11 is 0. The molecule has 2 aromatic carbocycles. The molecule has 0 aliphatic carbocycles. The van der Waals surface area contributed by atoms with Gasteiger partial charge in [-0.2, -0.15) is 0 Å². The zero-order valence-corrected chi connectivity index (χ0v) is 18.1. The summed E-state index contributed by atoms with van der Waals surface area (Å²) in [5.41, 5.74) is 5.35. The van der Waals surface area contributed by atoms with Crippen molar-refractivity contribution in [3.05, 3.63) is 59.2 Å². The Morgan fingerprint density at radius 2 is 1.88 bits per heavy atom. The first-order valence-corrected chi connectivity index (χ1v) is 10.1. The Balaban J connectivity index is 1.51. The Labute approximate surface area is 185 Å². The molecule has 1 aliphatic rings. The van der Waals surface area contributed by atoms with Crippen molar-refractivity contribution in [1.82, 2.24) is 10.4 Å². The van der Waals surface area contributed by atoms with E-state index >= 15 is 0 Å². The lowest BCUT2D eigenvalue weighted by molar-refractivity contribution is -0.151. The van der Waals surface area contributed by atoms with Gasteiger partial charge in [0, 0.05) is 12.1 Å². The van der Waals surface area contributed by atoms with Crippen LogP contribution in [0.4, 0.5) is 5.69 Å². The Kier molecular flexibility index (Phi) is 7.09. The fourth-order valence-electron chi connectivity index (χ4n) is 3.38. The minimum Gasteiger partial charge on any atom is -0.496 e. The molecule has 0 radical (unpaired) electrons. The van der Waals surface area contributed by atoms with E-state index in [1.807, 2.05) is 26.0 Å². The number of aryl methyl sites for hydroxylation is 2. The topological polar surface area (TPSA) is 114 Å². The maximum absolute atomic E-state index is 12.5. The molecule has 3 rings (SSSR count). The first-order chi connectivity index (χ1) is 15.3. The largest absolute Gasteiger partial charge is 0.496 e. The highest BCUT2D eigenvalue weighted by Crippen LogP contribution is 2.21. The fourth-order valence-corrected chi connectivity index (χ4v) is 3.38. The number of hydrazine groups is 1. The number of carbonyl (C=O) groups is 4. The van der Waals surface area contributed by atoms with Gasteiger partial charge in [0.1, 0.15) is 5.75 Å². The average molecular weight is 439 g/mol. The van der Waals surface area contributed by atoms with Gasteiger partial charge in [-0.15, -0.1) is 0 Å². The lowest BCUT2D eigenvalue weighted by atomic mass is 10.1. The van der Waals surface area contributed by atoms with E-state index in [1.54, 1.807) is 30.3 Å². The lowest BCUT2D eigenvalue weighted by Crippen LogP contribution is -2.43. The molecule has 0 spiro atoms. The van der Waals surface area contributed by atoms with Gasteiger partial charge in [0.25, 0.3) is 11.8 Å². The number of anilines is 1. The maximum Gasteiger partial charge on any atom is 0.311 e. The molecule has 32 heavy (non-hydrogen) atoms. The quantitative estimate of drug-likeness (QED) is 0.638. The summed E-state index contributed by atoms with van der Waals surface area (Å²) < 4.78 is 10.2. The van der Waals surface area contributed by atoms with E-state index in [1.165, 1.54) is 7.11 Å². The maximum atomic E-state index is 12.5. The molecule has 2 aromatic rings. The predicted octanol–water partition coefficient (Wildman–Crippen LogP) is 1.99. The Hall–Kier alpha value is -3.88. The van der Waals surface area contributed by atoms with Crippen molar-refractivity contribution in [2.24, 2.45) is 5.92 Å². The molecule has 0 aromatic heterocycles. The first-order valence-electron chi connectivity index (χ1n) is 10.1. The van der Waals surface area contributed by atoms with Crippen LogP contribution in [0, 0.1) is 19.8 Å². The first kappa shape index (κ1) is 22.8. The van der Waals surface area contributed by atoms with Crippen molar-refractivity contribution in [2.45, 2.75) is 20.3 Å². The molecule has 3 amide bonds. The number of nitrogens with one attached hydrogen (secondary N) is 2. The van der Waals surface area contributed by atoms with Crippen LogP contribution in [-0.4, -0.2) is 49.0 Å². The normalized spacial score (nSPS) is 15.3. The van der Waals surface area contributed by atoms with Crippen LogP contribution in [0.15, 0.2) is 42.5 Å². The Morgan fingerprint density at radius 3 is 2.59 bits per heavy atom. The van der Waals surface area contributed by atoms with Crippen LogP contribution < -0.4 is 15.5 Å². The van der Waals surface area contributed by atoms with Gasteiger partial charge >= 0.3 is 5.97 Å². The SMILES string of the molecule is COc1ccccc1C(=O)NN1C[C@@H](C(=O)OCC(=O)Nc2ccc(C)cc2C)CC1=O. The molecule has 9 heteroatoms. The summed E-state index contributed by atoms with van der Waals surface area (Å²) in [6, 6.07) is 12.2. The number of carbonyl (C=O) groups excluding carboxylic acids is 4. The molecule has 1 heterocycles. The molecular formula is C23H25N3O6. The molecule has 1 fully saturated rings. The molecular weight excluding hydrogens is 414 g/mol. The summed E-state index contributed by atoms with van der Waals surface area (Å²) in [5.74, 6) is -2.52. The van der Waals surface area contributed by atoms with Crippen LogP contribution in [0.25, 0.3) is 0 Å². The van der Waals surface area contributed by atoms with Crippen molar-refractivity contribution in [1.29, 1.82) is 0 Å². The summed E-state index contributed by atoms with van der Waals surface area (Å²) in [6.45, 7) is 3.31. The summed E-state index contributed by atoms with van der Waals surface area (Å²) in [4.78, 5) is 49.2. The van der Waals surface area contributed by atoms with Gasteiger partial charge in [-0.05, 0) is 37.6 Å². The van der Waals surface area contributed by atoms with Crippen LogP contribution in [0.3, 0.4) is 0 Å². The van der Waals surface area contributed by atoms with Gasteiger partial charge in [-0.3, -0.25) is 29.6 Å². The van der Waals surface area contributed by atoms with E-state index in [0.29, 0.717) is 11.4 Å². The highest BCUT2D eigenvalue weighted by Gasteiger charge is 2.37. The van der Waals surface area contributed by atoms with Crippen LogP contribution in [-0.2, 0) is 19.1 Å². The second-order valence-corrected chi connectivity index (χ2v) is 7.52. The fraction of sp³-hybridized carbons (Fsp3) is 0.304. The zero-order valence-electron chi connectivity index (χ0n) is 18.1. The van der Waals surface area contributed by atoms with E-state index in [-0.39, 0.29) is 18.5 Å². The van der Waals surface area contributed by atoms with E-state index < -0.39 is 36.2 Å². The van der Waals surface area contributed by atoms with Crippen LogP contribution in [0.2, 0.25) is 0 Å². The number of hydrogen-bond acceptors (Lipinski definition) is 6. The number of esters is 1. The smallest absolute Gasteiger partial charge is 0.311 e. The minimum absolute atomic E-state index is 0.0444. The Bertz CT molecular complexity index is 1050. The number of rotatable bonds is 7. The summed E-state index contributed by atoms with van der Waals surface area (Å²) in [6.07, 6.45) is -0.121. The van der Waals surface area contributed by atoms with Gasteiger partial charge < -0.3 is 14.8 Å². The zero-order chi connectivity index (χ0) is 23.3. The third kappa shape index (κ3) is 5.42. The monoisotopic (exact) mass is 439 g/mol. The number of amides is 3. The number of nitrogens with zero attached hydrogens (tertiary/aromatic N) is 1. The van der Waals surface area contributed by atoms with Crippen molar-refractivity contribution in [3.8, 4) is 5.75 Å². The van der Waals surface area contributed by atoms with Crippen LogP contribution in [0.5, 0.6) is 5.75 Å². The van der Waals surface area contributed by atoms with Crippen molar-refractivity contribution >= 4 is 29.4 Å².